The highest BCUT2D eigenvalue weighted by atomic mass is 32.1. The topological polar surface area (TPSA) is 132 Å². The molecule has 4 N–H and O–H groups in total. The summed E-state index contributed by atoms with van der Waals surface area (Å²) in [6.07, 6.45) is 1.18. The van der Waals surface area contributed by atoms with Gasteiger partial charge in [-0.1, -0.05) is 17.4 Å². The van der Waals surface area contributed by atoms with E-state index in [1.165, 1.54) is 17.7 Å². The van der Waals surface area contributed by atoms with Crippen LogP contribution in [0.1, 0.15) is 5.56 Å². The number of fused-ring (bicyclic) bond motifs is 1. The van der Waals surface area contributed by atoms with Crippen molar-refractivity contribution < 1.29 is 4.92 Å². The van der Waals surface area contributed by atoms with Gasteiger partial charge >= 0.3 is 5.69 Å². The summed E-state index contributed by atoms with van der Waals surface area (Å²) in [4.78, 5) is 22.6. The molecule has 0 aliphatic heterocycles. The Morgan fingerprint density at radius 1 is 1.32 bits per heavy atom. The van der Waals surface area contributed by atoms with Gasteiger partial charge in [-0.15, -0.1) is 0 Å². The molecule has 2 heterocycles. The van der Waals surface area contributed by atoms with Crippen LogP contribution in [0.15, 0.2) is 24.5 Å². The molecular weight excluding hydrogens is 306 g/mol. The van der Waals surface area contributed by atoms with Crippen molar-refractivity contribution in [2.75, 3.05) is 10.7 Å². The first-order valence-corrected chi connectivity index (χ1v) is 7.00. The highest BCUT2D eigenvalue weighted by molar-refractivity contribution is 7.22. The van der Waals surface area contributed by atoms with Crippen molar-refractivity contribution >= 4 is 44.0 Å². The van der Waals surface area contributed by atoms with E-state index in [1.807, 2.05) is 25.1 Å². The van der Waals surface area contributed by atoms with E-state index in [0.717, 1.165) is 15.8 Å². The molecule has 10 heteroatoms. The zero-order valence-corrected chi connectivity index (χ0v) is 12.2. The Kier molecular flexibility index (Phi) is 3.53. The SMILES string of the molecule is Cc1ccc2nc(Nc3ncnc(NN)c3[N+](=O)[O-])sc2c1. The second-order valence-corrected chi connectivity index (χ2v) is 5.47. The molecule has 0 spiro atoms. The summed E-state index contributed by atoms with van der Waals surface area (Å²) in [6, 6.07) is 5.85. The van der Waals surface area contributed by atoms with Gasteiger partial charge in [0.15, 0.2) is 5.13 Å². The van der Waals surface area contributed by atoms with Gasteiger partial charge in [0.2, 0.25) is 11.6 Å². The van der Waals surface area contributed by atoms with Crippen LogP contribution < -0.4 is 16.6 Å². The summed E-state index contributed by atoms with van der Waals surface area (Å²) in [5.74, 6) is 5.20. The summed E-state index contributed by atoms with van der Waals surface area (Å²) in [5.41, 5.74) is 3.78. The van der Waals surface area contributed by atoms with Gasteiger partial charge in [-0.2, -0.15) is 0 Å². The standard InChI is InChI=1S/C12H11N7O2S/c1-6-2-3-7-8(4-6)22-12(16-7)17-10-9(19(20)21)11(18-13)15-5-14-10/h2-5H,13H2,1H3,(H2,14,15,16,17,18). The van der Waals surface area contributed by atoms with Crippen molar-refractivity contribution in [3.05, 3.63) is 40.2 Å². The van der Waals surface area contributed by atoms with E-state index in [-0.39, 0.29) is 17.3 Å². The second kappa shape index (κ2) is 5.50. The Hall–Kier alpha value is -2.85. The van der Waals surface area contributed by atoms with Gasteiger partial charge in [0, 0.05) is 0 Å². The number of thiazole rings is 1. The van der Waals surface area contributed by atoms with E-state index in [1.54, 1.807) is 0 Å². The molecule has 0 fully saturated rings. The number of nitrogens with zero attached hydrogens (tertiary/aromatic N) is 4. The van der Waals surface area contributed by atoms with Crippen LogP contribution in [0.25, 0.3) is 10.2 Å². The predicted octanol–water partition coefficient (Wildman–Crippen LogP) is 2.33. The van der Waals surface area contributed by atoms with Crippen LogP contribution in [0.3, 0.4) is 0 Å². The van der Waals surface area contributed by atoms with Crippen molar-refractivity contribution in [2.24, 2.45) is 5.84 Å². The Bertz CT molecular complexity index is 864. The maximum Gasteiger partial charge on any atom is 0.354 e. The van der Waals surface area contributed by atoms with E-state index < -0.39 is 4.92 Å². The Labute approximate surface area is 128 Å². The summed E-state index contributed by atoms with van der Waals surface area (Å²) >= 11 is 1.38. The maximum atomic E-state index is 11.2. The maximum absolute atomic E-state index is 11.2. The van der Waals surface area contributed by atoms with Crippen molar-refractivity contribution in [3.63, 3.8) is 0 Å². The fraction of sp³-hybridized carbons (Fsp3) is 0.0833. The van der Waals surface area contributed by atoms with Crippen LogP contribution in [0.5, 0.6) is 0 Å². The molecule has 1 aromatic carbocycles. The lowest BCUT2D eigenvalue weighted by Crippen LogP contribution is -2.12. The van der Waals surface area contributed by atoms with E-state index in [4.69, 9.17) is 5.84 Å². The minimum Gasteiger partial charge on any atom is -0.310 e. The molecule has 2 aromatic heterocycles. The van der Waals surface area contributed by atoms with Crippen LogP contribution in [-0.4, -0.2) is 19.9 Å². The molecule has 0 atom stereocenters. The van der Waals surface area contributed by atoms with Crippen molar-refractivity contribution in [1.82, 2.24) is 15.0 Å². The first-order valence-electron chi connectivity index (χ1n) is 6.18. The first kappa shape index (κ1) is 14.1. The number of hydrogen-bond donors (Lipinski definition) is 3. The van der Waals surface area contributed by atoms with Crippen LogP contribution in [0, 0.1) is 17.0 Å². The smallest absolute Gasteiger partial charge is 0.310 e. The lowest BCUT2D eigenvalue weighted by molar-refractivity contribution is -0.383. The molecule has 0 bridgehead atoms. The van der Waals surface area contributed by atoms with Gasteiger partial charge in [0.05, 0.1) is 15.1 Å². The van der Waals surface area contributed by atoms with Crippen molar-refractivity contribution in [2.45, 2.75) is 6.92 Å². The number of nitro groups is 1. The van der Waals surface area contributed by atoms with Crippen LogP contribution in [0.2, 0.25) is 0 Å². The molecule has 22 heavy (non-hydrogen) atoms. The third-order valence-electron chi connectivity index (χ3n) is 2.91. The minimum absolute atomic E-state index is 0.0312. The van der Waals surface area contributed by atoms with Gasteiger partial charge in [-0.25, -0.2) is 20.8 Å². The number of nitrogens with one attached hydrogen (secondary N) is 2. The van der Waals surface area contributed by atoms with E-state index in [2.05, 4.69) is 25.7 Å². The largest absolute Gasteiger partial charge is 0.354 e. The Balaban J connectivity index is 2.03. The van der Waals surface area contributed by atoms with Gasteiger partial charge in [-0.3, -0.25) is 10.1 Å². The number of anilines is 3. The molecule has 0 aliphatic carbocycles. The number of hydrogen-bond acceptors (Lipinski definition) is 9. The molecule has 0 amide bonds. The molecule has 3 rings (SSSR count). The van der Waals surface area contributed by atoms with Gasteiger partial charge in [0.1, 0.15) is 6.33 Å². The minimum atomic E-state index is -0.602. The first-order chi connectivity index (χ1) is 10.6. The molecule has 112 valence electrons. The number of benzene rings is 1. The van der Waals surface area contributed by atoms with Gasteiger partial charge in [0.25, 0.3) is 0 Å². The predicted molar refractivity (Wildman–Crippen MR) is 84.1 cm³/mol. The fourth-order valence-corrected chi connectivity index (χ4v) is 2.90. The molecule has 9 nitrogen and oxygen atoms in total. The zero-order valence-electron chi connectivity index (χ0n) is 11.4. The second-order valence-electron chi connectivity index (χ2n) is 4.44. The molecule has 0 unspecified atom stereocenters. The number of nitrogen functional groups attached to an aromatic ring is 1. The number of aromatic nitrogens is 3. The highest BCUT2D eigenvalue weighted by Gasteiger charge is 2.23. The lowest BCUT2D eigenvalue weighted by Gasteiger charge is -2.05. The average molecular weight is 317 g/mol. The van der Waals surface area contributed by atoms with E-state index in [0.29, 0.717) is 5.13 Å². The molecule has 0 aliphatic rings. The molecule has 0 saturated carbocycles. The lowest BCUT2D eigenvalue weighted by atomic mass is 10.2. The summed E-state index contributed by atoms with van der Waals surface area (Å²) in [7, 11) is 0. The average Bonchev–Trinajstić information content (AvgIpc) is 2.87. The van der Waals surface area contributed by atoms with Gasteiger partial charge < -0.3 is 10.7 Å². The van der Waals surface area contributed by atoms with E-state index in [9.17, 15) is 10.1 Å². The third-order valence-corrected chi connectivity index (χ3v) is 3.84. The quantitative estimate of drug-likeness (QED) is 0.379. The van der Waals surface area contributed by atoms with Crippen molar-refractivity contribution in [3.8, 4) is 0 Å². The summed E-state index contributed by atoms with van der Waals surface area (Å²) in [5, 5.41) is 14.5. The normalized spacial score (nSPS) is 10.6. The monoisotopic (exact) mass is 317 g/mol. The Morgan fingerprint density at radius 2 is 2.09 bits per heavy atom. The zero-order chi connectivity index (χ0) is 15.7. The summed E-state index contributed by atoms with van der Waals surface area (Å²) < 4.78 is 0.983. The fourth-order valence-electron chi connectivity index (χ4n) is 1.94. The number of nitrogens with two attached hydrogens (primary N) is 1. The number of aryl methyl sites for hydroxylation is 1. The molecular formula is C12H11N7O2S. The van der Waals surface area contributed by atoms with Crippen LogP contribution in [0.4, 0.5) is 22.5 Å². The van der Waals surface area contributed by atoms with E-state index >= 15 is 0 Å². The molecule has 3 aromatic rings. The van der Waals surface area contributed by atoms with Crippen molar-refractivity contribution in [1.29, 1.82) is 0 Å². The third kappa shape index (κ3) is 2.52. The molecule has 0 radical (unpaired) electrons. The Morgan fingerprint density at radius 3 is 2.82 bits per heavy atom. The molecule has 0 saturated heterocycles. The summed E-state index contributed by atoms with van der Waals surface area (Å²) in [6.45, 7) is 1.99. The van der Waals surface area contributed by atoms with Gasteiger partial charge in [-0.05, 0) is 24.6 Å². The van der Waals surface area contributed by atoms with Crippen LogP contribution in [-0.2, 0) is 0 Å². The number of hydrazine groups is 1. The number of rotatable bonds is 4. The van der Waals surface area contributed by atoms with Crippen LogP contribution >= 0.6 is 11.3 Å². The highest BCUT2D eigenvalue weighted by Crippen LogP contribution is 2.33.